The van der Waals surface area contributed by atoms with Gasteiger partial charge in [-0.05, 0) is 46.0 Å². The number of hydrogen-bond acceptors (Lipinski definition) is 6. The zero-order chi connectivity index (χ0) is 26.1. The molecule has 8 heteroatoms. The summed E-state index contributed by atoms with van der Waals surface area (Å²) < 4.78 is 4.31. The van der Waals surface area contributed by atoms with E-state index in [4.69, 9.17) is 4.74 Å². The van der Waals surface area contributed by atoms with Gasteiger partial charge in [-0.1, -0.05) is 39.7 Å². The van der Waals surface area contributed by atoms with Crippen molar-refractivity contribution >= 4 is 29.5 Å². The van der Waals surface area contributed by atoms with Gasteiger partial charge in [0, 0.05) is 17.3 Å². The maximum absolute atomic E-state index is 14.4. The zero-order valence-electron chi connectivity index (χ0n) is 22.3. The van der Waals surface area contributed by atoms with Crippen LogP contribution in [0.4, 0.5) is 0 Å². The standard InChI is InChI=1S/C27H44N2O5S/c1-8-12-18(6)28(15-9-2)24(32)22-27-14-13-26(7,35-27)21(25(33)34-11-4)20(27)23(31)29(22)19(16-30)17(5)10-3/h9,17-22,30H,2,8,10-16H2,1,3-7H3/t17-,18?,19-,20-,21+,22?,26-,27?/m0/s1. The van der Waals surface area contributed by atoms with E-state index in [0.717, 1.165) is 25.7 Å². The van der Waals surface area contributed by atoms with E-state index in [1.54, 1.807) is 29.7 Å². The molecule has 0 radical (unpaired) electrons. The number of nitrogens with zero attached hydrogens (tertiary/aromatic N) is 2. The molecule has 1 N–H and O–H groups in total. The maximum Gasteiger partial charge on any atom is 0.311 e. The Labute approximate surface area is 215 Å². The summed E-state index contributed by atoms with van der Waals surface area (Å²) in [6.07, 6.45) is 5.73. The fraction of sp³-hybridized carbons (Fsp3) is 0.815. The Balaban J connectivity index is 2.16. The van der Waals surface area contributed by atoms with E-state index in [2.05, 4.69) is 13.5 Å². The molecule has 1 spiro atoms. The van der Waals surface area contributed by atoms with Gasteiger partial charge < -0.3 is 19.6 Å². The zero-order valence-corrected chi connectivity index (χ0v) is 23.1. The molecule has 3 fully saturated rings. The van der Waals surface area contributed by atoms with Gasteiger partial charge >= 0.3 is 5.97 Å². The number of amides is 2. The van der Waals surface area contributed by atoms with E-state index in [9.17, 15) is 19.5 Å². The van der Waals surface area contributed by atoms with Gasteiger partial charge in [-0.2, -0.15) is 0 Å². The molecule has 0 saturated carbocycles. The number of thioether (sulfide) groups is 1. The largest absolute Gasteiger partial charge is 0.466 e. The van der Waals surface area contributed by atoms with Crippen molar-refractivity contribution in [3.63, 3.8) is 0 Å². The number of carbonyl (C=O) groups excluding carboxylic acids is 3. The second kappa shape index (κ2) is 10.8. The molecule has 0 aromatic carbocycles. The highest BCUT2D eigenvalue weighted by Crippen LogP contribution is 2.72. The lowest BCUT2D eigenvalue weighted by atomic mass is 9.66. The van der Waals surface area contributed by atoms with Crippen LogP contribution in [0.1, 0.15) is 73.6 Å². The summed E-state index contributed by atoms with van der Waals surface area (Å²) in [6, 6.07) is -1.21. The smallest absolute Gasteiger partial charge is 0.311 e. The van der Waals surface area contributed by atoms with Crippen molar-refractivity contribution < 1.29 is 24.2 Å². The number of aliphatic hydroxyl groups is 1. The van der Waals surface area contributed by atoms with Crippen LogP contribution >= 0.6 is 11.8 Å². The second-order valence-electron chi connectivity index (χ2n) is 10.8. The molecule has 198 valence electrons. The number of carbonyl (C=O) groups is 3. The van der Waals surface area contributed by atoms with Crippen LogP contribution in [0.25, 0.3) is 0 Å². The number of likely N-dealkylation sites (tertiary alicyclic amines) is 1. The lowest BCUT2D eigenvalue weighted by Crippen LogP contribution is -2.59. The summed E-state index contributed by atoms with van der Waals surface area (Å²) in [7, 11) is 0. The summed E-state index contributed by atoms with van der Waals surface area (Å²) in [5.74, 6) is -1.82. The Morgan fingerprint density at radius 2 is 2.00 bits per heavy atom. The second-order valence-corrected chi connectivity index (χ2v) is 12.7. The molecule has 3 rings (SSSR count). The topological polar surface area (TPSA) is 87.2 Å². The number of aliphatic hydroxyl groups excluding tert-OH is 1. The third-order valence-electron chi connectivity index (χ3n) is 8.68. The van der Waals surface area contributed by atoms with Crippen LogP contribution in [0.3, 0.4) is 0 Å². The molecule has 3 aliphatic rings. The number of esters is 1. The fourth-order valence-electron chi connectivity index (χ4n) is 6.76. The first-order valence-corrected chi connectivity index (χ1v) is 14.1. The van der Waals surface area contributed by atoms with Gasteiger partial charge in [-0.3, -0.25) is 14.4 Å². The predicted molar refractivity (Wildman–Crippen MR) is 139 cm³/mol. The van der Waals surface area contributed by atoms with Crippen molar-refractivity contribution in [2.75, 3.05) is 19.8 Å². The fourth-order valence-corrected chi connectivity index (χ4v) is 9.09. The summed E-state index contributed by atoms with van der Waals surface area (Å²) in [5.41, 5.74) is 0. The van der Waals surface area contributed by atoms with Crippen LogP contribution in [-0.4, -0.2) is 80.1 Å². The van der Waals surface area contributed by atoms with E-state index in [1.807, 2.05) is 32.6 Å². The summed E-state index contributed by atoms with van der Waals surface area (Å²) >= 11 is 1.65. The van der Waals surface area contributed by atoms with E-state index >= 15 is 0 Å². The molecule has 8 atom stereocenters. The summed E-state index contributed by atoms with van der Waals surface area (Å²) in [4.78, 5) is 45.4. The molecule has 3 heterocycles. The van der Waals surface area contributed by atoms with E-state index < -0.39 is 33.4 Å². The first-order chi connectivity index (χ1) is 16.6. The highest BCUT2D eigenvalue weighted by molar-refractivity contribution is 8.02. The van der Waals surface area contributed by atoms with Crippen LogP contribution in [0, 0.1) is 17.8 Å². The van der Waals surface area contributed by atoms with Crippen LogP contribution < -0.4 is 0 Å². The quantitative estimate of drug-likeness (QED) is 0.320. The molecule has 2 amide bonds. The molecule has 0 aromatic heterocycles. The summed E-state index contributed by atoms with van der Waals surface area (Å²) in [5, 5.41) is 10.4. The van der Waals surface area contributed by atoms with Gasteiger partial charge in [0.2, 0.25) is 11.8 Å². The van der Waals surface area contributed by atoms with Gasteiger partial charge in [-0.25, -0.2) is 0 Å². The molecule has 0 aromatic rings. The molecule has 0 aliphatic carbocycles. The van der Waals surface area contributed by atoms with Crippen molar-refractivity contribution in [2.45, 2.75) is 101 Å². The highest BCUT2D eigenvalue weighted by atomic mass is 32.2. The van der Waals surface area contributed by atoms with E-state index in [1.165, 1.54) is 0 Å². The third-order valence-corrected chi connectivity index (χ3v) is 10.7. The number of ether oxygens (including phenoxy) is 1. The Bertz CT molecular complexity index is 836. The van der Waals surface area contributed by atoms with Gasteiger partial charge in [-0.15, -0.1) is 18.3 Å². The van der Waals surface area contributed by atoms with Crippen molar-refractivity contribution in [1.82, 2.24) is 9.80 Å². The number of fused-ring (bicyclic) bond motifs is 1. The van der Waals surface area contributed by atoms with Crippen molar-refractivity contribution in [1.29, 1.82) is 0 Å². The Hall–Kier alpha value is -1.54. The minimum atomic E-state index is -0.725. The number of rotatable bonds is 12. The average molecular weight is 509 g/mol. The molecule has 3 unspecified atom stereocenters. The molecule has 35 heavy (non-hydrogen) atoms. The van der Waals surface area contributed by atoms with Crippen molar-refractivity contribution in [2.24, 2.45) is 17.8 Å². The van der Waals surface area contributed by atoms with Crippen LogP contribution in [0.5, 0.6) is 0 Å². The molecule has 2 bridgehead atoms. The van der Waals surface area contributed by atoms with Crippen LogP contribution in [0.2, 0.25) is 0 Å². The molecule has 3 aliphatic heterocycles. The Kier molecular flexibility index (Phi) is 8.68. The lowest BCUT2D eigenvalue weighted by molar-refractivity contribution is -0.156. The van der Waals surface area contributed by atoms with E-state index in [-0.39, 0.29) is 43.0 Å². The minimum Gasteiger partial charge on any atom is -0.466 e. The monoisotopic (exact) mass is 508 g/mol. The molecular weight excluding hydrogens is 464 g/mol. The predicted octanol–water partition coefficient (Wildman–Crippen LogP) is 3.64. The van der Waals surface area contributed by atoms with Gasteiger partial charge in [0.05, 0.1) is 35.8 Å². The summed E-state index contributed by atoms with van der Waals surface area (Å²) in [6.45, 7) is 16.3. The molecule has 7 nitrogen and oxygen atoms in total. The van der Waals surface area contributed by atoms with Crippen molar-refractivity contribution in [3.05, 3.63) is 12.7 Å². The highest BCUT2D eigenvalue weighted by Gasteiger charge is 2.78. The van der Waals surface area contributed by atoms with Crippen LogP contribution in [-0.2, 0) is 19.1 Å². The van der Waals surface area contributed by atoms with Gasteiger partial charge in [0.1, 0.15) is 6.04 Å². The van der Waals surface area contributed by atoms with Gasteiger partial charge in [0.15, 0.2) is 0 Å². The Morgan fingerprint density at radius 1 is 1.31 bits per heavy atom. The maximum atomic E-state index is 14.4. The lowest BCUT2D eigenvalue weighted by Gasteiger charge is -2.42. The third kappa shape index (κ3) is 4.43. The average Bonchev–Trinajstić information content (AvgIpc) is 3.39. The Morgan fingerprint density at radius 3 is 2.54 bits per heavy atom. The minimum absolute atomic E-state index is 0.00544. The van der Waals surface area contributed by atoms with Crippen LogP contribution in [0.15, 0.2) is 12.7 Å². The first-order valence-electron chi connectivity index (χ1n) is 13.3. The van der Waals surface area contributed by atoms with Crippen molar-refractivity contribution in [3.8, 4) is 0 Å². The molecular formula is C27H44N2O5S. The normalized spacial score (nSPS) is 33.9. The SMILES string of the molecule is C=CCN(C(=O)C1N([C@@H](CO)[C@@H](C)CC)C(=O)[C@@H]2[C@H](C(=O)OCC)[C@]3(C)CCC12S3)C(C)CCC. The molecule has 3 saturated heterocycles. The van der Waals surface area contributed by atoms with Gasteiger partial charge in [0.25, 0.3) is 0 Å². The number of hydrogen-bond donors (Lipinski definition) is 1. The van der Waals surface area contributed by atoms with E-state index in [0.29, 0.717) is 13.0 Å². The first kappa shape index (κ1) is 28.0.